The topological polar surface area (TPSA) is 80.7 Å². The van der Waals surface area contributed by atoms with Gasteiger partial charge >= 0.3 is 5.97 Å². The second-order valence-corrected chi connectivity index (χ2v) is 7.25. The minimum atomic E-state index is -3.53. The number of halogens is 1. The summed E-state index contributed by atoms with van der Waals surface area (Å²) < 4.78 is 30.0. The van der Waals surface area contributed by atoms with Crippen LogP contribution >= 0.6 is 15.9 Å². The van der Waals surface area contributed by atoms with Crippen LogP contribution in [0.15, 0.2) is 27.6 Å². The molecule has 0 radical (unpaired) electrons. The summed E-state index contributed by atoms with van der Waals surface area (Å²) in [7, 11) is -3.53. The standard InChI is InChI=1S/C12H13BrO5S/c13-11-4-3-9(6-10(11)12(14)15)19(16,17)7-8-2-1-5-18-8/h3-4,6,8H,1-2,5,7H2,(H,14,15). The maximum atomic E-state index is 12.2. The predicted octanol–water partition coefficient (Wildman–Crippen LogP) is 2.10. The van der Waals surface area contributed by atoms with Crippen molar-refractivity contribution in [1.29, 1.82) is 0 Å². The van der Waals surface area contributed by atoms with E-state index in [0.717, 1.165) is 12.8 Å². The molecule has 1 heterocycles. The molecule has 1 saturated heterocycles. The zero-order valence-corrected chi connectivity index (χ0v) is 12.4. The summed E-state index contributed by atoms with van der Waals surface area (Å²) in [5, 5.41) is 8.99. The highest BCUT2D eigenvalue weighted by atomic mass is 79.9. The Morgan fingerprint density at radius 2 is 2.21 bits per heavy atom. The first kappa shape index (κ1) is 14.5. The Labute approximate surface area is 119 Å². The van der Waals surface area contributed by atoms with Crippen molar-refractivity contribution in [3.05, 3.63) is 28.2 Å². The van der Waals surface area contributed by atoms with Crippen LogP contribution < -0.4 is 0 Å². The van der Waals surface area contributed by atoms with E-state index in [1.165, 1.54) is 18.2 Å². The highest BCUT2D eigenvalue weighted by molar-refractivity contribution is 9.10. The Hall–Kier alpha value is -0.920. The van der Waals surface area contributed by atoms with Gasteiger partial charge in [0.1, 0.15) is 0 Å². The van der Waals surface area contributed by atoms with Crippen molar-refractivity contribution in [2.75, 3.05) is 12.4 Å². The van der Waals surface area contributed by atoms with Crippen LogP contribution in [0.4, 0.5) is 0 Å². The van der Waals surface area contributed by atoms with E-state index >= 15 is 0 Å². The molecule has 5 nitrogen and oxygen atoms in total. The lowest BCUT2D eigenvalue weighted by Gasteiger charge is -2.11. The van der Waals surface area contributed by atoms with Crippen molar-refractivity contribution < 1.29 is 23.1 Å². The Morgan fingerprint density at radius 1 is 1.47 bits per heavy atom. The first-order valence-electron chi connectivity index (χ1n) is 5.77. The van der Waals surface area contributed by atoms with Crippen LogP contribution in [0.25, 0.3) is 0 Å². The number of sulfone groups is 1. The molecule has 0 bridgehead atoms. The average molecular weight is 349 g/mol. The number of rotatable bonds is 4. The average Bonchev–Trinajstić information content (AvgIpc) is 2.80. The van der Waals surface area contributed by atoms with Crippen LogP contribution in [0.1, 0.15) is 23.2 Å². The van der Waals surface area contributed by atoms with Gasteiger partial charge in [-0.15, -0.1) is 0 Å². The van der Waals surface area contributed by atoms with Crippen LogP contribution in [0.5, 0.6) is 0 Å². The monoisotopic (exact) mass is 348 g/mol. The molecule has 1 aromatic carbocycles. The lowest BCUT2D eigenvalue weighted by molar-refractivity contribution is 0.0695. The highest BCUT2D eigenvalue weighted by Gasteiger charge is 2.25. The molecule has 1 aliphatic rings. The first-order chi connectivity index (χ1) is 8.90. The number of hydrogen-bond donors (Lipinski definition) is 1. The third-order valence-electron chi connectivity index (χ3n) is 2.96. The van der Waals surface area contributed by atoms with Crippen LogP contribution in [0.3, 0.4) is 0 Å². The molecule has 0 aliphatic carbocycles. The van der Waals surface area contributed by atoms with E-state index in [-0.39, 0.29) is 22.3 Å². The van der Waals surface area contributed by atoms with Gasteiger partial charge in [-0.3, -0.25) is 0 Å². The number of carboxylic acids is 1. The van der Waals surface area contributed by atoms with Crippen LogP contribution in [0.2, 0.25) is 0 Å². The molecule has 2 rings (SSSR count). The van der Waals surface area contributed by atoms with Gasteiger partial charge in [0.05, 0.1) is 22.3 Å². The van der Waals surface area contributed by atoms with E-state index in [4.69, 9.17) is 9.84 Å². The predicted molar refractivity (Wildman–Crippen MR) is 72.1 cm³/mol. The summed E-state index contributed by atoms with van der Waals surface area (Å²) in [6.07, 6.45) is 1.30. The SMILES string of the molecule is O=C(O)c1cc(S(=O)(=O)CC2CCCO2)ccc1Br. The van der Waals surface area contributed by atoms with E-state index < -0.39 is 15.8 Å². The van der Waals surface area contributed by atoms with Crippen molar-refractivity contribution >= 4 is 31.7 Å². The molecule has 1 aliphatic heterocycles. The van der Waals surface area contributed by atoms with Gasteiger partial charge in [0.25, 0.3) is 0 Å². The molecule has 1 aromatic rings. The first-order valence-corrected chi connectivity index (χ1v) is 8.22. The van der Waals surface area contributed by atoms with Crippen molar-refractivity contribution in [2.24, 2.45) is 0 Å². The van der Waals surface area contributed by atoms with E-state index in [9.17, 15) is 13.2 Å². The van der Waals surface area contributed by atoms with Gasteiger partial charge in [0, 0.05) is 11.1 Å². The van der Waals surface area contributed by atoms with E-state index in [0.29, 0.717) is 11.1 Å². The van der Waals surface area contributed by atoms with Gasteiger partial charge in [-0.05, 0) is 47.0 Å². The number of carboxylic acid groups (broad SMARTS) is 1. The fraction of sp³-hybridized carbons (Fsp3) is 0.417. The molecule has 1 N–H and O–H groups in total. The zero-order chi connectivity index (χ0) is 14.0. The number of aromatic carboxylic acids is 1. The van der Waals surface area contributed by atoms with Crippen LogP contribution in [-0.4, -0.2) is 38.0 Å². The van der Waals surface area contributed by atoms with Crippen molar-refractivity contribution in [2.45, 2.75) is 23.8 Å². The molecule has 0 amide bonds. The van der Waals surface area contributed by atoms with Gasteiger partial charge in [-0.2, -0.15) is 0 Å². The minimum absolute atomic E-state index is 0.0172. The summed E-state index contributed by atoms with van der Waals surface area (Å²) in [6.45, 7) is 0.584. The summed E-state index contributed by atoms with van der Waals surface area (Å²) in [5.74, 6) is -1.27. The Morgan fingerprint density at radius 3 is 2.79 bits per heavy atom. The second-order valence-electron chi connectivity index (χ2n) is 4.36. The smallest absolute Gasteiger partial charge is 0.336 e. The van der Waals surface area contributed by atoms with Crippen molar-refractivity contribution in [1.82, 2.24) is 0 Å². The summed E-state index contributed by atoms with van der Waals surface area (Å²) >= 11 is 3.09. The molecule has 19 heavy (non-hydrogen) atoms. The Bertz CT molecular complexity index is 590. The summed E-state index contributed by atoms with van der Waals surface area (Å²) in [4.78, 5) is 11.0. The highest BCUT2D eigenvalue weighted by Crippen LogP contribution is 2.24. The number of benzene rings is 1. The third kappa shape index (κ3) is 3.34. The number of carbonyl (C=O) groups is 1. The second kappa shape index (κ2) is 5.60. The molecule has 7 heteroatoms. The number of hydrogen-bond acceptors (Lipinski definition) is 4. The zero-order valence-electron chi connectivity index (χ0n) is 10.0. The maximum absolute atomic E-state index is 12.2. The number of ether oxygens (including phenoxy) is 1. The Balaban J connectivity index is 2.29. The van der Waals surface area contributed by atoms with Crippen molar-refractivity contribution in [3.8, 4) is 0 Å². The van der Waals surface area contributed by atoms with E-state index in [1.807, 2.05) is 0 Å². The van der Waals surface area contributed by atoms with Gasteiger partial charge < -0.3 is 9.84 Å². The van der Waals surface area contributed by atoms with Crippen LogP contribution in [0, 0.1) is 0 Å². The fourth-order valence-corrected chi connectivity index (χ4v) is 3.91. The maximum Gasteiger partial charge on any atom is 0.336 e. The quantitative estimate of drug-likeness (QED) is 0.900. The largest absolute Gasteiger partial charge is 0.478 e. The Kier molecular flexibility index (Phi) is 4.27. The molecule has 1 atom stereocenters. The van der Waals surface area contributed by atoms with Gasteiger partial charge in [0.15, 0.2) is 9.84 Å². The molecule has 1 unspecified atom stereocenters. The normalized spacial score (nSPS) is 19.5. The molecular weight excluding hydrogens is 336 g/mol. The molecule has 1 fully saturated rings. The molecule has 0 saturated carbocycles. The lowest BCUT2D eigenvalue weighted by atomic mass is 10.2. The van der Waals surface area contributed by atoms with Crippen molar-refractivity contribution in [3.63, 3.8) is 0 Å². The van der Waals surface area contributed by atoms with Gasteiger partial charge in [-0.25, -0.2) is 13.2 Å². The molecule has 0 spiro atoms. The van der Waals surface area contributed by atoms with Gasteiger partial charge in [0.2, 0.25) is 0 Å². The van der Waals surface area contributed by atoms with E-state index in [1.54, 1.807) is 0 Å². The van der Waals surface area contributed by atoms with Crippen LogP contribution in [-0.2, 0) is 14.6 Å². The summed E-state index contributed by atoms with van der Waals surface area (Å²) in [5.41, 5.74) is -0.0617. The molecule has 0 aromatic heterocycles. The fourth-order valence-electron chi connectivity index (χ4n) is 1.98. The molecular formula is C12H13BrO5S. The third-order valence-corrected chi connectivity index (χ3v) is 5.43. The lowest BCUT2D eigenvalue weighted by Crippen LogP contribution is -2.20. The minimum Gasteiger partial charge on any atom is -0.478 e. The molecule has 104 valence electrons. The van der Waals surface area contributed by atoms with Gasteiger partial charge in [-0.1, -0.05) is 0 Å². The van der Waals surface area contributed by atoms with E-state index in [2.05, 4.69) is 15.9 Å². The summed E-state index contributed by atoms with van der Waals surface area (Å²) in [6, 6.07) is 4.02.